The summed E-state index contributed by atoms with van der Waals surface area (Å²) >= 11 is 0. The number of hydrogen-bond donors (Lipinski definition) is 1. The van der Waals surface area contributed by atoms with Crippen molar-refractivity contribution >= 4 is 27.5 Å². The second kappa shape index (κ2) is 14.6. The number of sulfonamides is 1. The highest BCUT2D eigenvalue weighted by atomic mass is 32.2. The van der Waals surface area contributed by atoms with E-state index in [0.717, 1.165) is 47.9 Å². The zero-order chi connectivity index (χ0) is 31.8. The summed E-state index contributed by atoms with van der Waals surface area (Å²) in [4.78, 5) is 30.3. The van der Waals surface area contributed by atoms with Crippen molar-refractivity contribution in [1.29, 1.82) is 0 Å². The van der Waals surface area contributed by atoms with E-state index in [9.17, 15) is 18.0 Å². The standard InChI is InChI=1S/C37H41N3O4S/c1-28-21-23-33(24-22-28)45(43,44)40(34-20-12-9-13-29(34)2)27-36(41)39(26-31-16-7-4-8-17-31)35(25-30-14-5-3-6-15-30)37(42)38-32-18-10-11-19-32/h3-9,12-17,20-24,32,35H,10-11,18-19,25-27H2,1-2H3,(H,38,42)/t35-/m1/s1. The molecule has 0 bridgehead atoms. The number of hydrogen-bond acceptors (Lipinski definition) is 4. The summed E-state index contributed by atoms with van der Waals surface area (Å²) in [6, 6.07) is 32.1. The first kappa shape index (κ1) is 32.0. The van der Waals surface area contributed by atoms with E-state index in [1.54, 1.807) is 41.3 Å². The largest absolute Gasteiger partial charge is 0.352 e. The summed E-state index contributed by atoms with van der Waals surface area (Å²) in [5, 5.41) is 3.21. The number of rotatable bonds is 12. The molecular formula is C37H41N3O4S. The molecule has 4 aromatic rings. The van der Waals surface area contributed by atoms with Crippen molar-refractivity contribution in [3.05, 3.63) is 131 Å². The summed E-state index contributed by atoms with van der Waals surface area (Å²) in [5.74, 6) is -0.681. The summed E-state index contributed by atoms with van der Waals surface area (Å²) in [7, 11) is -4.13. The minimum atomic E-state index is -4.13. The number of carbonyl (C=O) groups is 2. The predicted molar refractivity (Wildman–Crippen MR) is 178 cm³/mol. The summed E-state index contributed by atoms with van der Waals surface area (Å²) < 4.78 is 29.6. The third-order valence-electron chi connectivity index (χ3n) is 8.44. The van der Waals surface area contributed by atoms with Crippen molar-refractivity contribution in [1.82, 2.24) is 10.2 Å². The molecule has 45 heavy (non-hydrogen) atoms. The molecule has 2 amide bonds. The van der Waals surface area contributed by atoms with Crippen LogP contribution in [-0.4, -0.2) is 43.8 Å². The minimum Gasteiger partial charge on any atom is -0.352 e. The zero-order valence-electron chi connectivity index (χ0n) is 25.9. The molecule has 0 aliphatic heterocycles. The van der Waals surface area contributed by atoms with Crippen LogP contribution in [0.5, 0.6) is 0 Å². The first-order valence-electron chi connectivity index (χ1n) is 15.5. The van der Waals surface area contributed by atoms with E-state index in [4.69, 9.17) is 0 Å². The highest BCUT2D eigenvalue weighted by molar-refractivity contribution is 7.92. The maximum Gasteiger partial charge on any atom is 0.264 e. The van der Waals surface area contributed by atoms with Gasteiger partial charge in [-0.3, -0.25) is 13.9 Å². The van der Waals surface area contributed by atoms with Gasteiger partial charge in [0.05, 0.1) is 10.6 Å². The topological polar surface area (TPSA) is 86.8 Å². The Bertz CT molecular complexity index is 1690. The third-order valence-corrected chi connectivity index (χ3v) is 10.2. The van der Waals surface area contributed by atoms with Crippen LogP contribution in [0.25, 0.3) is 0 Å². The minimum absolute atomic E-state index is 0.0647. The lowest BCUT2D eigenvalue weighted by Crippen LogP contribution is -2.54. The molecule has 1 aliphatic carbocycles. The fraction of sp³-hybridized carbons (Fsp3) is 0.297. The van der Waals surface area contributed by atoms with Gasteiger partial charge in [-0.2, -0.15) is 0 Å². The van der Waals surface area contributed by atoms with Crippen LogP contribution in [-0.2, 0) is 32.6 Å². The van der Waals surface area contributed by atoms with Gasteiger partial charge in [0.1, 0.15) is 12.6 Å². The van der Waals surface area contributed by atoms with Crippen molar-refractivity contribution in [3.8, 4) is 0 Å². The Kier molecular flexibility index (Phi) is 10.4. The number of carbonyl (C=O) groups excluding carboxylic acids is 2. The van der Waals surface area contributed by atoms with Crippen molar-refractivity contribution in [2.24, 2.45) is 0 Å². The maximum absolute atomic E-state index is 14.6. The van der Waals surface area contributed by atoms with E-state index in [0.29, 0.717) is 12.1 Å². The van der Waals surface area contributed by atoms with Gasteiger partial charge in [-0.05, 0) is 61.6 Å². The van der Waals surface area contributed by atoms with Crippen molar-refractivity contribution in [2.45, 2.75) is 69.5 Å². The van der Waals surface area contributed by atoms with Crippen LogP contribution in [0.3, 0.4) is 0 Å². The fourth-order valence-corrected chi connectivity index (χ4v) is 7.37. The molecule has 1 fully saturated rings. The average molecular weight is 624 g/mol. The van der Waals surface area contributed by atoms with Crippen LogP contribution in [0.4, 0.5) is 5.69 Å². The zero-order valence-corrected chi connectivity index (χ0v) is 26.7. The van der Waals surface area contributed by atoms with Crippen molar-refractivity contribution in [3.63, 3.8) is 0 Å². The Hall–Kier alpha value is -4.43. The summed E-state index contributed by atoms with van der Waals surface area (Å²) in [6.45, 7) is 3.41. The summed E-state index contributed by atoms with van der Waals surface area (Å²) in [5.41, 5.74) is 3.83. The van der Waals surface area contributed by atoms with Gasteiger partial charge in [-0.25, -0.2) is 8.42 Å². The Morgan fingerprint density at radius 2 is 1.36 bits per heavy atom. The van der Waals surface area contributed by atoms with E-state index in [2.05, 4.69) is 5.32 Å². The third kappa shape index (κ3) is 8.00. The number of para-hydroxylation sites is 1. The van der Waals surface area contributed by atoms with Crippen LogP contribution >= 0.6 is 0 Å². The molecule has 8 heteroatoms. The Balaban J connectivity index is 1.56. The highest BCUT2D eigenvalue weighted by Gasteiger charge is 2.35. The van der Waals surface area contributed by atoms with Gasteiger partial charge < -0.3 is 10.2 Å². The second-order valence-corrected chi connectivity index (χ2v) is 13.7. The molecule has 0 unspecified atom stereocenters. The monoisotopic (exact) mass is 623 g/mol. The van der Waals surface area contributed by atoms with Gasteiger partial charge >= 0.3 is 0 Å². The number of benzene rings is 4. The van der Waals surface area contributed by atoms with Crippen LogP contribution in [0.1, 0.15) is 47.9 Å². The first-order valence-corrected chi connectivity index (χ1v) is 17.0. The lowest BCUT2D eigenvalue weighted by Gasteiger charge is -2.34. The first-order chi connectivity index (χ1) is 21.7. The lowest BCUT2D eigenvalue weighted by molar-refractivity contribution is -0.140. The molecule has 1 aliphatic rings. The van der Waals surface area contributed by atoms with Gasteiger partial charge in [-0.1, -0.05) is 109 Å². The lowest BCUT2D eigenvalue weighted by atomic mass is 10.0. The molecule has 1 N–H and O–H groups in total. The second-order valence-electron chi connectivity index (χ2n) is 11.8. The molecule has 1 atom stereocenters. The van der Waals surface area contributed by atoms with Crippen LogP contribution < -0.4 is 9.62 Å². The summed E-state index contributed by atoms with van der Waals surface area (Å²) in [6.07, 6.45) is 4.23. The number of amides is 2. The molecule has 4 aromatic carbocycles. The van der Waals surface area contributed by atoms with Gasteiger partial charge in [0.25, 0.3) is 10.0 Å². The normalized spacial score (nSPS) is 14.1. The van der Waals surface area contributed by atoms with E-state index in [-0.39, 0.29) is 23.4 Å². The van der Waals surface area contributed by atoms with E-state index >= 15 is 0 Å². The van der Waals surface area contributed by atoms with Gasteiger partial charge in [0, 0.05) is 19.0 Å². The van der Waals surface area contributed by atoms with E-state index < -0.39 is 28.5 Å². The molecule has 0 aromatic heterocycles. The quantitative estimate of drug-likeness (QED) is 0.204. The number of anilines is 1. The maximum atomic E-state index is 14.6. The molecule has 0 saturated heterocycles. The number of aryl methyl sites for hydroxylation is 2. The molecule has 0 spiro atoms. The van der Waals surface area contributed by atoms with Crippen LogP contribution in [0, 0.1) is 13.8 Å². The average Bonchev–Trinajstić information content (AvgIpc) is 3.56. The van der Waals surface area contributed by atoms with Crippen LogP contribution in [0.2, 0.25) is 0 Å². The molecule has 1 saturated carbocycles. The smallest absolute Gasteiger partial charge is 0.264 e. The molecule has 234 valence electrons. The highest BCUT2D eigenvalue weighted by Crippen LogP contribution is 2.28. The Labute approximate surface area is 266 Å². The predicted octanol–water partition coefficient (Wildman–Crippen LogP) is 6.20. The fourth-order valence-electron chi connectivity index (χ4n) is 5.90. The SMILES string of the molecule is Cc1ccc(S(=O)(=O)N(CC(=O)N(Cc2ccccc2)[C@H](Cc2ccccc2)C(=O)NC2CCCC2)c2ccccc2C)cc1. The Morgan fingerprint density at radius 1 is 0.778 bits per heavy atom. The molecule has 5 rings (SSSR count). The number of nitrogens with one attached hydrogen (secondary N) is 1. The van der Waals surface area contributed by atoms with Crippen molar-refractivity contribution < 1.29 is 18.0 Å². The Morgan fingerprint density at radius 3 is 1.98 bits per heavy atom. The van der Waals surface area contributed by atoms with Gasteiger partial charge in [0.2, 0.25) is 11.8 Å². The van der Waals surface area contributed by atoms with E-state index in [1.165, 1.54) is 4.31 Å². The molecule has 0 heterocycles. The van der Waals surface area contributed by atoms with Gasteiger partial charge in [0.15, 0.2) is 0 Å². The van der Waals surface area contributed by atoms with Crippen molar-refractivity contribution in [2.75, 3.05) is 10.8 Å². The van der Waals surface area contributed by atoms with Gasteiger partial charge in [-0.15, -0.1) is 0 Å². The molecule has 0 radical (unpaired) electrons. The van der Waals surface area contributed by atoms with E-state index in [1.807, 2.05) is 86.6 Å². The molecular weight excluding hydrogens is 582 g/mol. The molecule has 7 nitrogen and oxygen atoms in total. The van der Waals surface area contributed by atoms with Crippen LogP contribution in [0.15, 0.2) is 114 Å². The number of nitrogens with zero attached hydrogens (tertiary/aromatic N) is 2.